The molecule has 0 N–H and O–H groups in total. The van der Waals surface area contributed by atoms with E-state index in [0.717, 1.165) is 33.9 Å². The van der Waals surface area contributed by atoms with E-state index < -0.39 is 0 Å². The molecule has 0 spiro atoms. The van der Waals surface area contributed by atoms with Gasteiger partial charge in [0.2, 0.25) is 0 Å². The third kappa shape index (κ3) is 5.57. The number of benzene rings is 2. The molecule has 1 radical (unpaired) electrons. The van der Waals surface area contributed by atoms with Crippen molar-refractivity contribution in [3.05, 3.63) is 116 Å². The van der Waals surface area contributed by atoms with Crippen LogP contribution in [0.1, 0.15) is 0 Å². The number of aromatic nitrogens is 4. The Morgan fingerprint density at radius 2 is 1.30 bits per heavy atom. The van der Waals surface area contributed by atoms with E-state index in [-0.39, 0.29) is 20.1 Å². The minimum atomic E-state index is 0. The largest absolute Gasteiger partial charge is 0.573 e. The molecule has 5 rings (SSSR count). The third-order valence-electron chi connectivity index (χ3n) is 4.19. The molecule has 0 bridgehead atoms. The fourth-order valence-corrected chi connectivity index (χ4v) is 2.76. The Labute approximate surface area is 189 Å². The zero-order valence-electron chi connectivity index (χ0n) is 16.0. The van der Waals surface area contributed by atoms with Crippen molar-refractivity contribution in [1.29, 1.82) is 0 Å². The van der Waals surface area contributed by atoms with Crippen LogP contribution in [0.3, 0.4) is 0 Å². The van der Waals surface area contributed by atoms with Gasteiger partial charge in [0.1, 0.15) is 0 Å². The molecule has 0 aliphatic rings. The molecule has 0 saturated carbocycles. The van der Waals surface area contributed by atoms with Crippen molar-refractivity contribution >= 4 is 0 Å². The number of hydrogen-bond acceptors (Lipinski definition) is 3. The Morgan fingerprint density at radius 1 is 0.633 bits per heavy atom. The fraction of sp³-hybridized carbons (Fsp3) is 0. The average molecular weight is 567 g/mol. The molecule has 0 saturated heterocycles. The maximum atomic E-state index is 4.25. The van der Waals surface area contributed by atoms with Gasteiger partial charge in [0.05, 0.1) is 0 Å². The molecule has 3 heterocycles. The summed E-state index contributed by atoms with van der Waals surface area (Å²) in [7, 11) is 0. The van der Waals surface area contributed by atoms with Crippen molar-refractivity contribution in [3.63, 3.8) is 0 Å². The number of pyridine rings is 2. The second-order valence-corrected chi connectivity index (χ2v) is 6.19. The maximum absolute atomic E-state index is 4.25. The van der Waals surface area contributed by atoms with E-state index in [1.807, 2.05) is 97.1 Å². The SMILES string of the molecule is [Ir].[c-]1ccccc1-c1ccccn1.c1ccc(-c2cc(-c3ccccn3)[n-]n2)cc1. The van der Waals surface area contributed by atoms with Crippen LogP contribution in [0.5, 0.6) is 0 Å². The van der Waals surface area contributed by atoms with Crippen molar-refractivity contribution in [2.24, 2.45) is 0 Å². The number of rotatable bonds is 3. The van der Waals surface area contributed by atoms with Gasteiger partial charge in [0.15, 0.2) is 0 Å². The Bertz CT molecular complexity index is 1040. The molecule has 0 fully saturated rings. The first-order valence-corrected chi connectivity index (χ1v) is 9.25. The average Bonchev–Trinajstić information content (AvgIpc) is 3.32. The fourth-order valence-electron chi connectivity index (χ4n) is 2.76. The van der Waals surface area contributed by atoms with Crippen LogP contribution in [0.25, 0.3) is 33.9 Å². The monoisotopic (exact) mass is 567 g/mol. The second-order valence-electron chi connectivity index (χ2n) is 6.19. The first kappa shape index (κ1) is 21.3. The molecular formula is C25H18IrN4-2. The molecule has 0 atom stereocenters. The van der Waals surface area contributed by atoms with E-state index in [9.17, 15) is 0 Å². The van der Waals surface area contributed by atoms with Gasteiger partial charge < -0.3 is 15.2 Å². The molecule has 0 unspecified atom stereocenters. The smallest absolute Gasteiger partial charge is 0.0494 e. The van der Waals surface area contributed by atoms with E-state index >= 15 is 0 Å². The summed E-state index contributed by atoms with van der Waals surface area (Å²) >= 11 is 0. The van der Waals surface area contributed by atoms with Crippen LogP contribution < -0.4 is 5.10 Å². The summed E-state index contributed by atoms with van der Waals surface area (Å²) in [6, 6.07) is 34.5. The van der Waals surface area contributed by atoms with Crippen molar-refractivity contribution in [2.75, 3.05) is 0 Å². The van der Waals surface area contributed by atoms with Gasteiger partial charge in [0, 0.05) is 43.9 Å². The van der Waals surface area contributed by atoms with Crippen molar-refractivity contribution < 1.29 is 20.1 Å². The molecule has 4 nitrogen and oxygen atoms in total. The molecule has 0 aliphatic carbocycles. The standard InChI is InChI=1S/C14H10N3.C11H8N.Ir/c1-2-6-11(7-3-1)13-10-14(17-16-13)12-8-4-5-9-15-12;1-2-6-10(7-3-1)11-8-4-5-9-12-11;/h1-10H;1-6,8-9H;/q2*-1;. The van der Waals surface area contributed by atoms with Gasteiger partial charge in [0.25, 0.3) is 0 Å². The van der Waals surface area contributed by atoms with E-state index in [2.05, 4.69) is 26.2 Å². The van der Waals surface area contributed by atoms with Crippen LogP contribution in [0.15, 0.2) is 109 Å². The molecule has 5 aromatic rings. The van der Waals surface area contributed by atoms with Crippen LogP contribution in [-0.4, -0.2) is 15.1 Å². The van der Waals surface area contributed by atoms with Crippen LogP contribution in [-0.2, 0) is 20.1 Å². The van der Waals surface area contributed by atoms with E-state index in [0.29, 0.717) is 0 Å². The van der Waals surface area contributed by atoms with E-state index in [4.69, 9.17) is 0 Å². The van der Waals surface area contributed by atoms with Gasteiger partial charge in [-0.25, -0.2) is 0 Å². The summed E-state index contributed by atoms with van der Waals surface area (Å²) in [5.74, 6) is 0. The molecule has 30 heavy (non-hydrogen) atoms. The van der Waals surface area contributed by atoms with Gasteiger partial charge in [-0.1, -0.05) is 54.2 Å². The van der Waals surface area contributed by atoms with E-state index in [1.165, 1.54) is 0 Å². The Morgan fingerprint density at radius 3 is 1.93 bits per heavy atom. The van der Waals surface area contributed by atoms with Gasteiger partial charge in [-0.15, -0.1) is 35.9 Å². The van der Waals surface area contributed by atoms with Gasteiger partial charge >= 0.3 is 0 Å². The van der Waals surface area contributed by atoms with E-state index in [1.54, 1.807) is 12.4 Å². The molecule has 3 aromatic heterocycles. The zero-order chi connectivity index (χ0) is 19.7. The molecule has 5 heteroatoms. The third-order valence-corrected chi connectivity index (χ3v) is 4.19. The molecule has 0 amide bonds. The normalized spacial score (nSPS) is 9.73. The predicted molar refractivity (Wildman–Crippen MR) is 115 cm³/mol. The van der Waals surface area contributed by atoms with Crippen molar-refractivity contribution in [3.8, 4) is 33.9 Å². The van der Waals surface area contributed by atoms with Crippen molar-refractivity contribution in [1.82, 2.24) is 20.2 Å². The zero-order valence-corrected chi connectivity index (χ0v) is 18.4. The summed E-state index contributed by atoms with van der Waals surface area (Å²) < 4.78 is 0. The Kier molecular flexibility index (Phi) is 7.78. The quantitative estimate of drug-likeness (QED) is 0.278. The summed E-state index contributed by atoms with van der Waals surface area (Å²) in [4.78, 5) is 8.47. The predicted octanol–water partition coefficient (Wildman–Crippen LogP) is 5.31. The summed E-state index contributed by atoms with van der Waals surface area (Å²) in [6.45, 7) is 0. The van der Waals surface area contributed by atoms with Gasteiger partial charge in [-0.05, 0) is 35.5 Å². The minimum absolute atomic E-state index is 0. The van der Waals surface area contributed by atoms with Gasteiger partial charge in [-0.3, -0.25) is 4.98 Å². The Hall–Kier alpha value is -3.40. The summed E-state index contributed by atoms with van der Waals surface area (Å²) in [5, 5.41) is 8.32. The minimum Gasteiger partial charge on any atom is -0.573 e. The molecule has 0 aliphatic heterocycles. The first-order valence-electron chi connectivity index (χ1n) is 9.25. The van der Waals surface area contributed by atoms with Crippen molar-refractivity contribution in [2.45, 2.75) is 0 Å². The second kappa shape index (κ2) is 11.0. The summed E-state index contributed by atoms with van der Waals surface area (Å²) in [6.07, 6.45) is 3.54. The van der Waals surface area contributed by atoms with Crippen LogP contribution >= 0.6 is 0 Å². The maximum Gasteiger partial charge on any atom is 0.0494 e. The Balaban J connectivity index is 0.000000175. The summed E-state index contributed by atoms with van der Waals surface area (Å²) in [5.41, 5.74) is 5.62. The molecule has 2 aromatic carbocycles. The van der Waals surface area contributed by atoms with Gasteiger partial charge in [-0.2, -0.15) is 0 Å². The first-order chi connectivity index (χ1) is 14.4. The molecular weight excluding hydrogens is 549 g/mol. The van der Waals surface area contributed by atoms with Crippen LogP contribution in [0.2, 0.25) is 0 Å². The van der Waals surface area contributed by atoms with Crippen LogP contribution in [0, 0.1) is 6.07 Å². The van der Waals surface area contributed by atoms with Crippen LogP contribution in [0.4, 0.5) is 0 Å². The number of nitrogens with zero attached hydrogens (tertiary/aromatic N) is 4. The molecule has 149 valence electrons. The topological polar surface area (TPSA) is 52.8 Å². The number of hydrogen-bond donors (Lipinski definition) is 0.